The van der Waals surface area contributed by atoms with Crippen LogP contribution in [0.3, 0.4) is 0 Å². The van der Waals surface area contributed by atoms with E-state index in [1.54, 1.807) is 0 Å². The average Bonchev–Trinajstić information content (AvgIpc) is 1.35. The minimum Gasteiger partial charge on any atom is -0.481 e. The van der Waals surface area contributed by atoms with Crippen LogP contribution in [0.15, 0.2) is 0 Å². The monoisotopic (exact) mass is 1250 g/mol. The van der Waals surface area contributed by atoms with E-state index in [-0.39, 0.29) is 58.2 Å². The van der Waals surface area contributed by atoms with Gasteiger partial charge in [-0.25, -0.2) is 0 Å². The fourth-order valence-electron chi connectivity index (χ4n) is 28.9. The number of carbonyl (C=O) groups is 6. The lowest BCUT2D eigenvalue weighted by Crippen LogP contribution is -2.49. The van der Waals surface area contributed by atoms with Crippen molar-refractivity contribution >= 4 is 327 Å². The van der Waals surface area contributed by atoms with Crippen LogP contribution in [0, 0.1) is 5.41 Å². The van der Waals surface area contributed by atoms with Gasteiger partial charge in [0.1, 0.15) is 0 Å². The quantitative estimate of drug-likeness (QED) is 0.0206. The number of hydrogen-bond donors (Lipinski definition) is 4. The fourth-order valence-corrected chi connectivity index (χ4v) is 28.9. The summed E-state index contributed by atoms with van der Waals surface area (Å²) < 4.78 is 14.2. The zero-order chi connectivity index (χ0) is 62.4. The summed E-state index contributed by atoms with van der Waals surface area (Å²) in [6.07, 6.45) is 3.30. The predicted octanol–water partition coefficient (Wildman–Crippen LogP) is 19.0. The molecule has 450 valence electrons. The lowest BCUT2D eigenvalue weighted by atomic mass is 9.68. The molecule has 4 N–H and O–H groups in total. The summed E-state index contributed by atoms with van der Waals surface area (Å²) in [6.45, 7) is 2.36. The van der Waals surface area contributed by atoms with Crippen molar-refractivity contribution in [3.05, 3.63) is 22.3 Å². The molecule has 0 atom stereocenters. The van der Waals surface area contributed by atoms with E-state index in [4.69, 9.17) is 9.47 Å². The van der Waals surface area contributed by atoms with Crippen LogP contribution >= 0.6 is 0 Å². The molecule has 33 rings (SSSR count). The van der Waals surface area contributed by atoms with Gasteiger partial charge in [-0.2, -0.15) is 0 Å². The minimum atomic E-state index is -1.89. The Bertz CT molecular complexity index is 7640. The van der Waals surface area contributed by atoms with E-state index in [0.29, 0.717) is 25.7 Å². The topological polar surface area (TPSA) is 194 Å². The summed E-state index contributed by atoms with van der Waals surface area (Å²) >= 11 is 0. The molecule has 12 nitrogen and oxygen atoms in total. The molecule has 97 heavy (non-hydrogen) atoms. The van der Waals surface area contributed by atoms with Crippen LogP contribution in [0.4, 0.5) is 0 Å². The molecule has 0 bridgehead atoms. The van der Waals surface area contributed by atoms with E-state index < -0.39 is 57.5 Å². The predicted molar refractivity (Wildman–Crippen MR) is 382 cm³/mol. The Labute approximate surface area is 536 Å². The van der Waals surface area contributed by atoms with E-state index >= 15 is 9.59 Å². The summed E-state index contributed by atoms with van der Waals surface area (Å²) in [5.74, 6) is -4.84. The van der Waals surface area contributed by atoms with E-state index in [2.05, 4.69) is 12.2 Å². The van der Waals surface area contributed by atoms with Crippen LogP contribution in [0.5, 0.6) is 0 Å². The summed E-state index contributed by atoms with van der Waals surface area (Å²) in [4.78, 5) is 84.9. The maximum absolute atomic E-state index is 17.7. The molecule has 28 aromatic carbocycles. The number of ether oxygens (including phenoxy) is 2. The summed E-state index contributed by atoms with van der Waals surface area (Å²) in [5, 5.41) is 108. The van der Waals surface area contributed by atoms with Crippen LogP contribution in [-0.2, 0) is 49.1 Å². The first-order valence-corrected chi connectivity index (χ1v) is 35.6. The molecule has 0 unspecified atom stereocenters. The van der Waals surface area contributed by atoms with Crippen LogP contribution < -0.4 is 5.32 Å². The highest BCUT2D eigenvalue weighted by Gasteiger charge is 3.01. The highest BCUT2D eigenvalue weighted by molar-refractivity contribution is 6.82. The second kappa shape index (κ2) is 12.0. The van der Waals surface area contributed by atoms with Gasteiger partial charge in [0.15, 0.2) is 5.41 Å². The van der Waals surface area contributed by atoms with Crippen molar-refractivity contribution in [2.45, 2.75) is 113 Å². The number of aliphatic carboxylic acids is 3. The Morgan fingerprint density at radius 1 is 0.289 bits per heavy atom. The van der Waals surface area contributed by atoms with Crippen LogP contribution in [0.25, 0.3) is 291 Å². The van der Waals surface area contributed by atoms with Crippen molar-refractivity contribution in [1.82, 2.24) is 5.32 Å². The Balaban J connectivity index is 0.717. The first-order chi connectivity index (χ1) is 47.5. The summed E-state index contributed by atoms with van der Waals surface area (Å²) in [6, 6.07) is 0. The third-order valence-electron chi connectivity index (χ3n) is 30.4. The molecular weight excluding hydrogens is 1210 g/mol. The van der Waals surface area contributed by atoms with Gasteiger partial charge >= 0.3 is 29.8 Å². The normalized spacial score (nSPS) is 20.8. The molecule has 1 amide bonds. The third kappa shape index (κ3) is 3.21. The second-order valence-electron chi connectivity index (χ2n) is 32.7. The van der Waals surface area contributed by atoms with Gasteiger partial charge in [0.05, 0.1) is 24.0 Å². The molecule has 1 fully saturated rings. The van der Waals surface area contributed by atoms with Gasteiger partial charge < -0.3 is 30.1 Å². The van der Waals surface area contributed by atoms with Gasteiger partial charge in [0.25, 0.3) is 0 Å². The Hall–Kier alpha value is -10.7. The number of rotatable bonds is 23. The van der Waals surface area contributed by atoms with Crippen LogP contribution in [0.2, 0.25) is 0 Å². The summed E-state index contributed by atoms with van der Waals surface area (Å²) in [5.41, 5.74) is -0.999. The van der Waals surface area contributed by atoms with Gasteiger partial charge in [-0.05, 0) is 358 Å². The maximum Gasteiger partial charge on any atom is 0.326 e. The number of benzene rings is 18. The van der Waals surface area contributed by atoms with Crippen molar-refractivity contribution in [2.24, 2.45) is 5.41 Å². The molecule has 0 aromatic heterocycles. The van der Waals surface area contributed by atoms with Crippen molar-refractivity contribution < 1.29 is 53.6 Å². The van der Waals surface area contributed by atoms with Gasteiger partial charge in [0, 0.05) is 31.2 Å². The van der Waals surface area contributed by atoms with E-state index in [0.717, 1.165) is 19.3 Å². The van der Waals surface area contributed by atoms with Gasteiger partial charge in [-0.3, -0.25) is 28.8 Å². The number of esters is 2. The molecule has 0 saturated heterocycles. The molecule has 0 heterocycles. The zero-order valence-corrected chi connectivity index (χ0v) is 51.4. The first kappa shape index (κ1) is 45.6. The number of nitrogens with one attached hydrogen (secondary N) is 1. The number of hydrogen-bond acceptors (Lipinski definition) is 8. The summed E-state index contributed by atoms with van der Waals surface area (Å²) in [7, 11) is 0. The highest BCUT2D eigenvalue weighted by atomic mass is 16.6. The van der Waals surface area contributed by atoms with E-state index in [1.807, 2.05) is 0 Å². The lowest BCUT2D eigenvalue weighted by molar-refractivity contribution is -0.167. The van der Waals surface area contributed by atoms with E-state index in [1.165, 1.54) is 313 Å². The van der Waals surface area contributed by atoms with E-state index in [9.17, 15) is 34.5 Å². The minimum absolute atomic E-state index is 0.00136. The number of amides is 1. The van der Waals surface area contributed by atoms with Crippen molar-refractivity contribution in [2.75, 3.05) is 13.2 Å². The molecule has 1 saturated carbocycles. The molecule has 12 heteroatoms. The zero-order valence-electron chi connectivity index (χ0n) is 51.4. The number of carbonyl (C=O) groups excluding carboxylic acids is 3. The molecule has 5 aliphatic rings. The third-order valence-corrected chi connectivity index (χ3v) is 30.4. The number of carboxylic acid groups (broad SMARTS) is 3. The Morgan fingerprint density at radius 3 is 0.701 bits per heavy atom. The smallest absolute Gasteiger partial charge is 0.326 e. The molecule has 0 radical (unpaired) electrons. The van der Waals surface area contributed by atoms with Gasteiger partial charge in [0.2, 0.25) is 5.91 Å². The lowest BCUT2D eigenvalue weighted by Gasteiger charge is -2.34. The Morgan fingerprint density at radius 2 is 0.495 bits per heavy atom. The molecule has 28 aromatic rings. The average molecular weight is 1250 g/mol. The maximum atomic E-state index is 17.7. The number of carboxylic acids is 3. The van der Waals surface area contributed by atoms with Gasteiger partial charge in [-0.15, -0.1) is 0 Å². The SMILES string of the molecule is CCCCCCOC(=O)C1(C(=O)OCCCCCC(=O)NC(CCC(=O)O)(CCC(=O)O)CCC(=O)O)C23c4c5c6c7c8c9c(c%10c%11c2c2c4c4c%12c5c5c6c6c8c8c%13c9c9c%10c%10c%11c%11c2c2c4c4c%12c%12c5c5c6c8c6c8c%13c9c9c%10c%10c%11c2c2c4c4c%12c5c6c5c8c9c%10c2c45)C713. The Kier molecular flexibility index (Phi) is 5.66. The molecule has 5 aliphatic carbocycles. The highest BCUT2D eigenvalue weighted by Crippen LogP contribution is 2.96. The van der Waals surface area contributed by atoms with Crippen molar-refractivity contribution in [3.63, 3.8) is 0 Å². The van der Waals surface area contributed by atoms with Crippen LogP contribution in [-0.4, -0.2) is 69.8 Å². The molecule has 2 spiro atoms. The number of unbranched alkanes of at least 4 members (excludes halogenated alkanes) is 5. The largest absolute Gasteiger partial charge is 0.481 e. The first-order valence-electron chi connectivity index (χ1n) is 35.6. The van der Waals surface area contributed by atoms with Crippen molar-refractivity contribution in [1.29, 1.82) is 0 Å². The molecular formula is C85H39NO11. The van der Waals surface area contributed by atoms with Gasteiger partial charge in [-0.1, -0.05) is 26.2 Å². The fraction of sp³-hybridized carbons (Fsp3) is 0.247. The van der Waals surface area contributed by atoms with Crippen LogP contribution in [0.1, 0.15) is 119 Å². The van der Waals surface area contributed by atoms with Crippen molar-refractivity contribution in [3.8, 4) is 0 Å². The molecule has 0 aliphatic heterocycles. The standard InChI is InChI=1S/C85H39NO11/c1-2-3-4-7-16-96-80(94)85(81(95)97-17-8-5-6-9-18(87)86-82(13-10-19(88)89,14-11-20(90)91)15-12-21(92)93)83-76-68-60-50-40-32-24-22-23-26-30-28(24)36-44-38(30)48-42-34(26)35-27(23)31-29-25(22)33(32)41-47-37(29)45-39(31)49-43(35)53-52(42)62-56(48)66-58(44)64(54(60)46(36)40)72(76)74(66)78-70(62)71-63(53)57(49)67-59(45)65-55(47)61(51(41)50)69(68)77(83)73(65)75(67)79(71)84(78,83)85/h2-17H2,1H3,(H,86,87)(H,88,89)(H,90,91)(H,92,93). The second-order valence-corrected chi connectivity index (χ2v) is 32.7.